The minimum atomic E-state index is -0.957. The number of carbonyl (C=O) groups is 2. The number of aromatic nitrogens is 2. The van der Waals surface area contributed by atoms with Gasteiger partial charge in [-0.3, -0.25) is 9.59 Å². The van der Waals surface area contributed by atoms with Gasteiger partial charge in [-0.25, -0.2) is 13.8 Å². The van der Waals surface area contributed by atoms with Crippen molar-refractivity contribution in [1.29, 1.82) is 0 Å². The SMILES string of the molecule is O=C(Nc1ccc(C(=O)Nc2ccc(F)cc2F)c(O)c1)c1ccc(-c2nc3cc(Cl)c(Cl)cc3[nH]2)cc1. The maximum atomic E-state index is 13.8. The van der Waals surface area contributed by atoms with Gasteiger partial charge in [0.1, 0.15) is 23.2 Å². The summed E-state index contributed by atoms with van der Waals surface area (Å²) in [6, 6.07) is 16.5. The van der Waals surface area contributed by atoms with Gasteiger partial charge in [0.05, 0.1) is 32.3 Å². The second kappa shape index (κ2) is 10.1. The van der Waals surface area contributed by atoms with E-state index in [1.807, 2.05) is 0 Å². The molecule has 0 fully saturated rings. The van der Waals surface area contributed by atoms with E-state index < -0.39 is 29.2 Å². The lowest BCUT2D eigenvalue weighted by Crippen LogP contribution is -2.14. The van der Waals surface area contributed by atoms with Crippen LogP contribution in [0.2, 0.25) is 10.0 Å². The minimum Gasteiger partial charge on any atom is -0.507 e. The average molecular weight is 553 g/mol. The minimum absolute atomic E-state index is 0.163. The predicted octanol–water partition coefficient (Wildman–Crippen LogP) is 7.03. The summed E-state index contributed by atoms with van der Waals surface area (Å²) in [6.07, 6.45) is 0. The van der Waals surface area contributed by atoms with E-state index >= 15 is 0 Å². The number of rotatable bonds is 5. The second-order valence-electron chi connectivity index (χ2n) is 8.21. The zero-order valence-electron chi connectivity index (χ0n) is 19.2. The topological polar surface area (TPSA) is 107 Å². The van der Waals surface area contributed by atoms with Crippen LogP contribution in [0.1, 0.15) is 20.7 Å². The molecule has 0 spiro atoms. The van der Waals surface area contributed by atoms with Crippen LogP contribution in [0.5, 0.6) is 5.75 Å². The van der Waals surface area contributed by atoms with Crippen LogP contribution in [0.15, 0.2) is 72.8 Å². The number of aromatic hydroxyl groups is 1. The first-order chi connectivity index (χ1) is 18.2. The summed E-state index contributed by atoms with van der Waals surface area (Å²) in [5, 5.41) is 16.0. The first-order valence-electron chi connectivity index (χ1n) is 11.0. The largest absolute Gasteiger partial charge is 0.507 e. The molecule has 2 amide bonds. The van der Waals surface area contributed by atoms with E-state index in [4.69, 9.17) is 23.2 Å². The van der Waals surface area contributed by atoms with E-state index in [0.29, 0.717) is 33.0 Å². The molecular formula is C27H16Cl2F2N4O3. The van der Waals surface area contributed by atoms with Crippen LogP contribution in [0.25, 0.3) is 22.4 Å². The van der Waals surface area contributed by atoms with Crippen LogP contribution in [-0.4, -0.2) is 26.9 Å². The summed E-state index contributed by atoms with van der Waals surface area (Å²) in [5.74, 6) is -2.88. The number of aromatic amines is 1. The number of hydrogen-bond acceptors (Lipinski definition) is 4. The molecule has 4 aromatic carbocycles. The van der Waals surface area contributed by atoms with Gasteiger partial charge < -0.3 is 20.7 Å². The first-order valence-corrected chi connectivity index (χ1v) is 11.8. The smallest absolute Gasteiger partial charge is 0.259 e. The number of phenols is 1. The molecule has 11 heteroatoms. The highest BCUT2D eigenvalue weighted by Crippen LogP contribution is 2.29. The number of amides is 2. The number of phenolic OH excluding ortho intramolecular Hbond substituents is 1. The van der Waals surface area contributed by atoms with E-state index in [2.05, 4.69) is 20.6 Å². The van der Waals surface area contributed by atoms with E-state index in [1.165, 1.54) is 18.2 Å². The maximum absolute atomic E-state index is 13.8. The summed E-state index contributed by atoms with van der Waals surface area (Å²) < 4.78 is 26.9. The second-order valence-corrected chi connectivity index (χ2v) is 9.02. The molecule has 1 heterocycles. The Morgan fingerprint density at radius 1 is 0.842 bits per heavy atom. The number of hydrogen-bond donors (Lipinski definition) is 4. The number of benzene rings is 4. The molecule has 190 valence electrons. The van der Waals surface area contributed by atoms with Gasteiger partial charge in [-0.2, -0.15) is 0 Å². The van der Waals surface area contributed by atoms with Gasteiger partial charge in [0.25, 0.3) is 11.8 Å². The van der Waals surface area contributed by atoms with E-state index in [9.17, 15) is 23.5 Å². The molecule has 0 unspecified atom stereocenters. The van der Waals surface area contributed by atoms with Gasteiger partial charge in [-0.1, -0.05) is 35.3 Å². The van der Waals surface area contributed by atoms with Gasteiger partial charge in [0.15, 0.2) is 0 Å². The van der Waals surface area contributed by atoms with E-state index in [-0.39, 0.29) is 16.9 Å². The molecule has 0 aliphatic carbocycles. The fraction of sp³-hybridized carbons (Fsp3) is 0. The summed E-state index contributed by atoms with van der Waals surface area (Å²) in [4.78, 5) is 32.8. The van der Waals surface area contributed by atoms with Crippen molar-refractivity contribution in [3.05, 3.63) is 106 Å². The molecule has 0 aliphatic heterocycles. The molecule has 5 aromatic rings. The number of nitrogens with zero attached hydrogens (tertiary/aromatic N) is 1. The molecular weight excluding hydrogens is 537 g/mol. The Balaban J connectivity index is 1.27. The number of H-pyrrole nitrogens is 1. The molecule has 38 heavy (non-hydrogen) atoms. The Morgan fingerprint density at radius 3 is 2.29 bits per heavy atom. The van der Waals surface area contributed by atoms with Crippen molar-refractivity contribution in [1.82, 2.24) is 9.97 Å². The van der Waals surface area contributed by atoms with Crippen LogP contribution in [-0.2, 0) is 0 Å². The van der Waals surface area contributed by atoms with Gasteiger partial charge in [0.2, 0.25) is 0 Å². The Bertz CT molecular complexity index is 1680. The first kappa shape index (κ1) is 25.2. The van der Waals surface area contributed by atoms with Gasteiger partial charge in [-0.05, 0) is 48.5 Å². The standard InChI is InChI=1S/C27H16Cl2F2N4O3/c28-18-11-22-23(12-19(18)29)34-25(33-22)13-1-3-14(4-2-13)26(37)32-16-6-7-17(24(36)10-16)27(38)35-21-8-5-15(30)9-20(21)31/h1-12,36H,(H,32,37)(H,33,34)(H,35,38). The third kappa shape index (κ3) is 5.15. The Morgan fingerprint density at radius 2 is 1.58 bits per heavy atom. The van der Waals surface area contributed by atoms with Crippen LogP contribution < -0.4 is 10.6 Å². The van der Waals surface area contributed by atoms with E-state index in [1.54, 1.807) is 36.4 Å². The number of halogens is 4. The van der Waals surface area contributed by atoms with Gasteiger partial charge >= 0.3 is 0 Å². The molecule has 1 aromatic heterocycles. The molecule has 0 saturated heterocycles. The van der Waals surface area contributed by atoms with Crippen molar-refractivity contribution < 1.29 is 23.5 Å². The molecule has 0 saturated carbocycles. The lowest BCUT2D eigenvalue weighted by atomic mass is 10.1. The molecule has 0 bridgehead atoms. The summed E-state index contributed by atoms with van der Waals surface area (Å²) in [6.45, 7) is 0. The fourth-order valence-electron chi connectivity index (χ4n) is 3.71. The number of fused-ring (bicyclic) bond motifs is 1. The van der Waals surface area contributed by atoms with Gasteiger partial charge in [0, 0.05) is 28.9 Å². The van der Waals surface area contributed by atoms with E-state index in [0.717, 1.165) is 23.2 Å². The van der Waals surface area contributed by atoms with Crippen LogP contribution in [0, 0.1) is 11.6 Å². The highest BCUT2D eigenvalue weighted by atomic mass is 35.5. The third-order valence-corrected chi connectivity index (χ3v) is 6.35. The van der Waals surface area contributed by atoms with Crippen LogP contribution in [0.4, 0.5) is 20.2 Å². The van der Waals surface area contributed by atoms with Crippen molar-refractivity contribution in [2.75, 3.05) is 10.6 Å². The summed E-state index contributed by atoms with van der Waals surface area (Å²) in [7, 11) is 0. The molecule has 7 nitrogen and oxygen atoms in total. The lowest BCUT2D eigenvalue weighted by molar-refractivity contribution is 0.101. The Kier molecular flexibility index (Phi) is 6.71. The molecule has 0 aliphatic rings. The van der Waals surface area contributed by atoms with Crippen molar-refractivity contribution >= 4 is 57.4 Å². The molecule has 0 atom stereocenters. The lowest BCUT2D eigenvalue weighted by Gasteiger charge is -2.10. The van der Waals surface area contributed by atoms with Gasteiger partial charge in [-0.15, -0.1) is 0 Å². The summed E-state index contributed by atoms with van der Waals surface area (Å²) >= 11 is 12.1. The Labute approximate surface area is 224 Å². The van der Waals surface area contributed by atoms with Crippen molar-refractivity contribution in [3.8, 4) is 17.1 Å². The molecule has 4 N–H and O–H groups in total. The number of carbonyl (C=O) groups excluding carboxylic acids is 2. The monoisotopic (exact) mass is 552 g/mol. The highest BCUT2D eigenvalue weighted by molar-refractivity contribution is 6.42. The number of nitrogens with one attached hydrogen (secondary N) is 3. The zero-order valence-corrected chi connectivity index (χ0v) is 20.7. The average Bonchev–Trinajstić information content (AvgIpc) is 3.28. The fourth-order valence-corrected chi connectivity index (χ4v) is 4.03. The van der Waals surface area contributed by atoms with Crippen LogP contribution >= 0.6 is 23.2 Å². The highest BCUT2D eigenvalue weighted by Gasteiger charge is 2.16. The third-order valence-electron chi connectivity index (χ3n) is 5.62. The maximum Gasteiger partial charge on any atom is 0.259 e. The van der Waals surface area contributed by atoms with Crippen molar-refractivity contribution in [2.24, 2.45) is 0 Å². The number of anilines is 2. The zero-order chi connectivity index (χ0) is 27.0. The number of imidazole rings is 1. The summed E-state index contributed by atoms with van der Waals surface area (Å²) in [5.41, 5.74) is 2.26. The predicted molar refractivity (Wildman–Crippen MR) is 142 cm³/mol. The van der Waals surface area contributed by atoms with Crippen molar-refractivity contribution in [3.63, 3.8) is 0 Å². The normalized spacial score (nSPS) is 10.9. The van der Waals surface area contributed by atoms with Crippen LogP contribution in [0.3, 0.4) is 0 Å². The van der Waals surface area contributed by atoms with Crippen molar-refractivity contribution in [2.45, 2.75) is 0 Å². The Hall–Kier alpha value is -4.47. The molecule has 5 rings (SSSR count). The quantitative estimate of drug-likeness (QED) is 0.188. The molecule has 0 radical (unpaired) electrons.